The number of rotatable bonds is 6. The number of amides is 1. The Morgan fingerprint density at radius 2 is 1.88 bits per heavy atom. The lowest BCUT2D eigenvalue weighted by Gasteiger charge is -2.22. The van der Waals surface area contributed by atoms with Gasteiger partial charge in [0.25, 0.3) is 0 Å². The molecule has 1 fully saturated rings. The van der Waals surface area contributed by atoms with E-state index in [1.807, 2.05) is 54.6 Å². The molecule has 0 bridgehead atoms. The van der Waals surface area contributed by atoms with Crippen molar-refractivity contribution < 1.29 is 9.53 Å². The van der Waals surface area contributed by atoms with Gasteiger partial charge in [-0.25, -0.2) is 0 Å². The highest BCUT2D eigenvalue weighted by Crippen LogP contribution is 2.30. The van der Waals surface area contributed by atoms with E-state index in [-0.39, 0.29) is 23.7 Å². The van der Waals surface area contributed by atoms with Crippen LogP contribution in [-0.4, -0.2) is 37.0 Å². The summed E-state index contributed by atoms with van der Waals surface area (Å²) < 4.78 is 5.89. The van der Waals surface area contributed by atoms with Gasteiger partial charge in [-0.2, -0.15) is 0 Å². The lowest BCUT2D eigenvalue weighted by Crippen LogP contribution is -2.35. The van der Waals surface area contributed by atoms with Crippen LogP contribution in [0.15, 0.2) is 54.6 Å². The molecule has 1 aliphatic heterocycles. The minimum Gasteiger partial charge on any atom is -0.455 e. The van der Waals surface area contributed by atoms with Crippen molar-refractivity contribution in [2.45, 2.75) is 13.3 Å². The number of halogens is 1. The first-order valence-electron chi connectivity index (χ1n) is 8.62. The zero-order chi connectivity index (χ0) is 17.7. The largest absolute Gasteiger partial charge is 0.455 e. The Balaban J connectivity index is 0.00000243. The van der Waals surface area contributed by atoms with E-state index in [0.717, 1.165) is 25.3 Å². The Bertz CT molecular complexity index is 726. The average Bonchev–Trinajstić information content (AvgIpc) is 2.99. The molecule has 5 nitrogen and oxygen atoms in total. The zero-order valence-electron chi connectivity index (χ0n) is 15.0. The van der Waals surface area contributed by atoms with Gasteiger partial charge in [0.2, 0.25) is 5.91 Å². The maximum atomic E-state index is 12.4. The molecule has 1 heterocycles. The molecule has 1 atom stereocenters. The van der Waals surface area contributed by atoms with Gasteiger partial charge in [-0.15, -0.1) is 12.4 Å². The topological polar surface area (TPSA) is 67.6 Å². The molecule has 2 aromatic rings. The third-order valence-corrected chi connectivity index (χ3v) is 4.63. The molecule has 0 saturated carbocycles. The smallest absolute Gasteiger partial charge is 0.238 e. The van der Waals surface area contributed by atoms with Crippen LogP contribution in [-0.2, 0) is 4.79 Å². The second-order valence-electron chi connectivity index (χ2n) is 6.93. The molecule has 1 amide bonds. The quantitative estimate of drug-likeness (QED) is 0.810. The van der Waals surface area contributed by atoms with E-state index in [9.17, 15) is 4.79 Å². The van der Waals surface area contributed by atoms with Gasteiger partial charge in [-0.3, -0.25) is 9.69 Å². The fourth-order valence-electron chi connectivity index (χ4n) is 3.09. The number of hydrogen-bond donors (Lipinski definition) is 2. The summed E-state index contributed by atoms with van der Waals surface area (Å²) >= 11 is 0. The van der Waals surface area contributed by atoms with Crippen LogP contribution in [0.3, 0.4) is 0 Å². The van der Waals surface area contributed by atoms with Crippen LogP contribution in [0.5, 0.6) is 11.5 Å². The van der Waals surface area contributed by atoms with Crippen molar-refractivity contribution in [3.8, 4) is 11.5 Å². The second-order valence-corrected chi connectivity index (χ2v) is 6.93. The lowest BCUT2D eigenvalue weighted by molar-refractivity contribution is -0.117. The first kappa shape index (κ1) is 20.2. The highest BCUT2D eigenvalue weighted by molar-refractivity contribution is 5.93. The monoisotopic (exact) mass is 375 g/mol. The molecule has 6 heteroatoms. The first-order valence-corrected chi connectivity index (χ1v) is 8.62. The third-order valence-electron chi connectivity index (χ3n) is 4.63. The summed E-state index contributed by atoms with van der Waals surface area (Å²) in [6.45, 7) is 4.96. The highest BCUT2D eigenvalue weighted by Gasteiger charge is 2.33. The Kier molecular flexibility index (Phi) is 7.03. The van der Waals surface area contributed by atoms with E-state index in [1.54, 1.807) is 0 Å². The number of nitrogens with two attached hydrogens (primary N) is 1. The van der Waals surface area contributed by atoms with Gasteiger partial charge in [0.1, 0.15) is 5.75 Å². The van der Waals surface area contributed by atoms with Crippen LogP contribution in [0.25, 0.3) is 0 Å². The molecule has 0 aromatic heterocycles. The van der Waals surface area contributed by atoms with Crippen molar-refractivity contribution in [3.63, 3.8) is 0 Å². The number of ether oxygens (including phenoxy) is 1. The van der Waals surface area contributed by atoms with Gasteiger partial charge in [-0.1, -0.05) is 37.3 Å². The summed E-state index contributed by atoms with van der Waals surface area (Å²) in [6.07, 6.45) is 1.03. The van der Waals surface area contributed by atoms with Crippen molar-refractivity contribution in [2.75, 3.05) is 31.5 Å². The maximum absolute atomic E-state index is 12.4. The Morgan fingerprint density at radius 1 is 1.19 bits per heavy atom. The van der Waals surface area contributed by atoms with Crippen molar-refractivity contribution in [3.05, 3.63) is 54.6 Å². The molecular formula is C20H26ClN3O2. The average molecular weight is 376 g/mol. The molecule has 0 spiro atoms. The van der Waals surface area contributed by atoms with Crippen LogP contribution in [0.4, 0.5) is 5.69 Å². The lowest BCUT2D eigenvalue weighted by atomic mass is 9.90. The summed E-state index contributed by atoms with van der Waals surface area (Å²) in [4.78, 5) is 14.6. The predicted octanol–water partition coefficient (Wildman–Crippen LogP) is 3.51. The van der Waals surface area contributed by atoms with E-state index in [2.05, 4.69) is 17.1 Å². The Hall–Kier alpha value is -2.08. The number of likely N-dealkylation sites (tertiary alicyclic amines) is 1. The fraction of sp³-hybridized carbons (Fsp3) is 0.350. The van der Waals surface area contributed by atoms with E-state index in [4.69, 9.17) is 10.5 Å². The molecule has 3 rings (SSSR count). The van der Waals surface area contributed by atoms with Crippen LogP contribution < -0.4 is 15.8 Å². The van der Waals surface area contributed by atoms with Crippen LogP contribution in [0, 0.1) is 5.41 Å². The third kappa shape index (κ3) is 5.21. The highest BCUT2D eigenvalue weighted by atomic mass is 35.5. The van der Waals surface area contributed by atoms with Crippen molar-refractivity contribution >= 4 is 24.0 Å². The minimum atomic E-state index is -0.0367. The van der Waals surface area contributed by atoms with Crippen LogP contribution in [0.1, 0.15) is 13.3 Å². The van der Waals surface area contributed by atoms with Crippen LogP contribution in [0.2, 0.25) is 0 Å². The summed E-state index contributed by atoms with van der Waals surface area (Å²) in [5.41, 5.74) is 6.63. The number of anilines is 1. The molecule has 0 aliphatic carbocycles. The molecule has 140 valence electrons. The number of nitrogens with zero attached hydrogens (tertiary/aromatic N) is 1. The standard InChI is InChI=1S/C20H25N3O2.ClH/c1-20(14-21)11-12-23(15-20)13-19(24)22-17-9-5-6-10-18(17)25-16-7-3-2-4-8-16;/h2-10H,11-15,21H2,1H3,(H,22,24);1H. The number of carbonyl (C=O) groups excluding carboxylic acids is 1. The Labute approximate surface area is 160 Å². The van der Waals surface area contributed by atoms with Crippen LogP contribution >= 0.6 is 12.4 Å². The fourth-order valence-corrected chi connectivity index (χ4v) is 3.09. The molecule has 1 aliphatic rings. The number of hydrogen-bond acceptors (Lipinski definition) is 4. The molecule has 2 aromatic carbocycles. The van der Waals surface area contributed by atoms with Gasteiger partial charge in [-0.05, 0) is 49.2 Å². The summed E-state index contributed by atoms with van der Waals surface area (Å²) in [6, 6.07) is 17.0. The van der Waals surface area contributed by atoms with Gasteiger partial charge < -0.3 is 15.8 Å². The number of para-hydroxylation sites is 3. The second kappa shape index (κ2) is 9.03. The van der Waals surface area contributed by atoms with Gasteiger partial charge >= 0.3 is 0 Å². The minimum absolute atomic E-state index is 0. The summed E-state index contributed by atoms with van der Waals surface area (Å²) in [5, 5.41) is 2.97. The van der Waals surface area contributed by atoms with E-state index >= 15 is 0 Å². The van der Waals surface area contributed by atoms with Crippen molar-refractivity contribution in [1.82, 2.24) is 4.90 Å². The van der Waals surface area contributed by atoms with Gasteiger partial charge in [0.05, 0.1) is 12.2 Å². The number of benzene rings is 2. The van der Waals surface area contributed by atoms with Gasteiger partial charge in [0, 0.05) is 6.54 Å². The van der Waals surface area contributed by atoms with E-state index < -0.39 is 0 Å². The SMILES string of the molecule is CC1(CN)CCN(CC(=O)Nc2ccccc2Oc2ccccc2)C1.Cl. The van der Waals surface area contributed by atoms with Crippen molar-refractivity contribution in [1.29, 1.82) is 0 Å². The zero-order valence-corrected chi connectivity index (χ0v) is 15.8. The molecule has 0 radical (unpaired) electrons. The first-order chi connectivity index (χ1) is 12.1. The molecule has 1 unspecified atom stereocenters. The normalized spacial score (nSPS) is 19.6. The summed E-state index contributed by atoms with van der Waals surface area (Å²) in [5.74, 6) is 1.34. The molecular weight excluding hydrogens is 350 g/mol. The van der Waals surface area contributed by atoms with Gasteiger partial charge in [0.15, 0.2) is 5.75 Å². The predicted molar refractivity (Wildman–Crippen MR) is 107 cm³/mol. The van der Waals surface area contributed by atoms with E-state index in [1.165, 1.54) is 0 Å². The Morgan fingerprint density at radius 3 is 2.58 bits per heavy atom. The van der Waals surface area contributed by atoms with E-state index in [0.29, 0.717) is 24.5 Å². The summed E-state index contributed by atoms with van der Waals surface area (Å²) in [7, 11) is 0. The number of carbonyl (C=O) groups is 1. The molecule has 1 saturated heterocycles. The number of nitrogens with one attached hydrogen (secondary N) is 1. The maximum Gasteiger partial charge on any atom is 0.238 e. The molecule has 3 N–H and O–H groups in total. The van der Waals surface area contributed by atoms with Crippen molar-refractivity contribution in [2.24, 2.45) is 11.1 Å². The molecule has 26 heavy (non-hydrogen) atoms.